The third-order valence-corrected chi connectivity index (χ3v) is 2.92. The number of hydrogen-bond donors (Lipinski definition) is 1. The first-order valence-electron chi connectivity index (χ1n) is 6.02. The van der Waals surface area contributed by atoms with Crippen LogP contribution in [-0.2, 0) is 4.79 Å². The summed E-state index contributed by atoms with van der Waals surface area (Å²) in [4.78, 5) is 11.2. The lowest BCUT2D eigenvalue weighted by Crippen LogP contribution is -2.07. The number of aryl methyl sites for hydroxylation is 2. The Morgan fingerprint density at radius 2 is 1.72 bits per heavy atom. The summed E-state index contributed by atoms with van der Waals surface area (Å²) in [5.74, 6) is -0.0484. The molecule has 0 radical (unpaired) electrons. The third-order valence-electron chi connectivity index (χ3n) is 2.92. The summed E-state index contributed by atoms with van der Waals surface area (Å²) in [5, 5.41) is 2.88. The Balaban J connectivity index is 2.56. The molecular formula is C16H17NO. The normalized spacial score (nSPS) is 10.2. The molecule has 2 aromatic rings. The molecule has 92 valence electrons. The molecule has 0 aromatic heterocycles. The van der Waals surface area contributed by atoms with E-state index < -0.39 is 0 Å². The van der Waals surface area contributed by atoms with E-state index in [1.165, 1.54) is 23.6 Å². The standard InChI is InChI=1S/C16H17NO/c1-11-8-9-12(2)15(10-11)14-6-4-5-7-16(14)17-13(3)18/h4-10H,1-3H3,(H,17,18). The van der Waals surface area contributed by atoms with Crippen molar-refractivity contribution in [3.63, 3.8) is 0 Å². The number of hydrogen-bond acceptors (Lipinski definition) is 1. The number of benzene rings is 2. The Kier molecular flexibility index (Phi) is 3.47. The van der Waals surface area contributed by atoms with Gasteiger partial charge in [0.15, 0.2) is 0 Å². The molecule has 0 saturated heterocycles. The van der Waals surface area contributed by atoms with E-state index in [0.29, 0.717) is 0 Å². The van der Waals surface area contributed by atoms with Gasteiger partial charge in [0.25, 0.3) is 0 Å². The molecule has 0 unspecified atom stereocenters. The number of carbonyl (C=O) groups excluding carboxylic acids is 1. The Labute approximate surface area is 108 Å². The molecule has 2 aromatic carbocycles. The van der Waals surface area contributed by atoms with Crippen molar-refractivity contribution in [2.24, 2.45) is 0 Å². The first-order chi connectivity index (χ1) is 8.58. The Morgan fingerprint density at radius 3 is 2.44 bits per heavy atom. The number of amides is 1. The first kappa shape index (κ1) is 12.4. The number of nitrogens with one attached hydrogen (secondary N) is 1. The van der Waals surface area contributed by atoms with Crippen LogP contribution >= 0.6 is 0 Å². The highest BCUT2D eigenvalue weighted by Crippen LogP contribution is 2.31. The molecule has 0 spiro atoms. The first-order valence-corrected chi connectivity index (χ1v) is 6.02. The van der Waals surface area contributed by atoms with E-state index >= 15 is 0 Å². The fraction of sp³-hybridized carbons (Fsp3) is 0.188. The van der Waals surface area contributed by atoms with Crippen LogP contribution < -0.4 is 5.32 Å². The van der Waals surface area contributed by atoms with Gasteiger partial charge in [-0.15, -0.1) is 0 Å². The van der Waals surface area contributed by atoms with Crippen LogP contribution in [0.3, 0.4) is 0 Å². The maximum atomic E-state index is 11.2. The van der Waals surface area contributed by atoms with E-state index in [4.69, 9.17) is 0 Å². The van der Waals surface area contributed by atoms with Gasteiger partial charge in [-0.1, -0.05) is 42.0 Å². The molecule has 2 nitrogen and oxygen atoms in total. The van der Waals surface area contributed by atoms with Gasteiger partial charge >= 0.3 is 0 Å². The lowest BCUT2D eigenvalue weighted by atomic mass is 9.97. The summed E-state index contributed by atoms with van der Waals surface area (Å²) in [5.41, 5.74) is 5.51. The minimum Gasteiger partial charge on any atom is -0.326 e. The summed E-state index contributed by atoms with van der Waals surface area (Å²) in [6.07, 6.45) is 0. The van der Waals surface area contributed by atoms with Gasteiger partial charge in [-0.2, -0.15) is 0 Å². The molecule has 2 rings (SSSR count). The topological polar surface area (TPSA) is 29.1 Å². The second kappa shape index (κ2) is 5.05. The zero-order valence-electron chi connectivity index (χ0n) is 10.9. The van der Waals surface area contributed by atoms with Gasteiger partial charge in [0.05, 0.1) is 0 Å². The molecule has 0 heterocycles. The van der Waals surface area contributed by atoms with Crippen molar-refractivity contribution in [2.75, 3.05) is 5.32 Å². The quantitative estimate of drug-likeness (QED) is 0.845. The number of rotatable bonds is 2. The van der Waals surface area contributed by atoms with Crippen LogP contribution in [0.4, 0.5) is 5.69 Å². The number of anilines is 1. The van der Waals surface area contributed by atoms with Crippen molar-refractivity contribution in [2.45, 2.75) is 20.8 Å². The van der Waals surface area contributed by atoms with E-state index in [0.717, 1.165) is 11.3 Å². The summed E-state index contributed by atoms with van der Waals surface area (Å²) in [7, 11) is 0. The molecule has 18 heavy (non-hydrogen) atoms. The zero-order chi connectivity index (χ0) is 13.1. The molecule has 1 amide bonds. The molecule has 0 aliphatic heterocycles. The summed E-state index contributed by atoms with van der Waals surface area (Å²) in [6, 6.07) is 14.2. The summed E-state index contributed by atoms with van der Waals surface area (Å²) in [6.45, 7) is 5.68. The molecule has 1 N–H and O–H groups in total. The van der Waals surface area contributed by atoms with Crippen LogP contribution in [-0.4, -0.2) is 5.91 Å². The van der Waals surface area contributed by atoms with Crippen molar-refractivity contribution in [1.82, 2.24) is 0 Å². The van der Waals surface area contributed by atoms with Crippen LogP contribution in [0.25, 0.3) is 11.1 Å². The summed E-state index contributed by atoms with van der Waals surface area (Å²) < 4.78 is 0. The van der Waals surface area contributed by atoms with E-state index in [1.807, 2.05) is 24.3 Å². The highest BCUT2D eigenvalue weighted by molar-refractivity contribution is 5.94. The van der Waals surface area contributed by atoms with Gasteiger partial charge in [0, 0.05) is 18.2 Å². The molecule has 0 saturated carbocycles. The maximum Gasteiger partial charge on any atom is 0.221 e. The Bertz CT molecular complexity index is 587. The average Bonchev–Trinajstić information content (AvgIpc) is 2.32. The van der Waals surface area contributed by atoms with Crippen LogP contribution in [0.5, 0.6) is 0 Å². The largest absolute Gasteiger partial charge is 0.326 e. The summed E-state index contributed by atoms with van der Waals surface area (Å²) >= 11 is 0. The fourth-order valence-electron chi connectivity index (χ4n) is 2.04. The van der Waals surface area contributed by atoms with Gasteiger partial charge in [0.2, 0.25) is 5.91 Å². The average molecular weight is 239 g/mol. The Morgan fingerprint density at radius 1 is 1.00 bits per heavy atom. The molecule has 0 aliphatic carbocycles. The van der Waals surface area contributed by atoms with Gasteiger partial charge < -0.3 is 5.32 Å². The van der Waals surface area contributed by atoms with E-state index in [9.17, 15) is 4.79 Å². The molecule has 0 aliphatic rings. The van der Waals surface area contributed by atoms with Gasteiger partial charge in [-0.3, -0.25) is 4.79 Å². The minimum absolute atomic E-state index is 0.0484. The van der Waals surface area contributed by atoms with Crippen LogP contribution in [0.15, 0.2) is 42.5 Å². The van der Waals surface area contributed by atoms with Crippen LogP contribution in [0, 0.1) is 13.8 Å². The molecular weight excluding hydrogens is 222 g/mol. The second-order valence-corrected chi connectivity index (χ2v) is 4.55. The fourth-order valence-corrected chi connectivity index (χ4v) is 2.04. The van der Waals surface area contributed by atoms with Crippen molar-refractivity contribution >= 4 is 11.6 Å². The lowest BCUT2D eigenvalue weighted by molar-refractivity contribution is -0.114. The van der Waals surface area contributed by atoms with E-state index in [-0.39, 0.29) is 5.91 Å². The van der Waals surface area contributed by atoms with E-state index in [2.05, 4.69) is 37.4 Å². The second-order valence-electron chi connectivity index (χ2n) is 4.55. The Hall–Kier alpha value is -2.09. The minimum atomic E-state index is -0.0484. The predicted molar refractivity (Wildman–Crippen MR) is 75.7 cm³/mol. The molecule has 0 bridgehead atoms. The molecule has 2 heteroatoms. The number of carbonyl (C=O) groups is 1. The van der Waals surface area contributed by atoms with Crippen molar-refractivity contribution in [1.29, 1.82) is 0 Å². The van der Waals surface area contributed by atoms with E-state index in [1.54, 1.807) is 0 Å². The van der Waals surface area contributed by atoms with Crippen LogP contribution in [0.1, 0.15) is 18.1 Å². The van der Waals surface area contributed by atoms with Crippen molar-refractivity contribution in [3.05, 3.63) is 53.6 Å². The maximum absolute atomic E-state index is 11.2. The van der Waals surface area contributed by atoms with Crippen molar-refractivity contribution < 1.29 is 4.79 Å². The highest BCUT2D eigenvalue weighted by atomic mass is 16.1. The lowest BCUT2D eigenvalue weighted by Gasteiger charge is -2.13. The smallest absolute Gasteiger partial charge is 0.221 e. The molecule has 0 fully saturated rings. The third kappa shape index (κ3) is 2.59. The highest BCUT2D eigenvalue weighted by Gasteiger charge is 2.08. The monoisotopic (exact) mass is 239 g/mol. The van der Waals surface area contributed by atoms with Gasteiger partial charge in [-0.25, -0.2) is 0 Å². The predicted octanol–water partition coefficient (Wildman–Crippen LogP) is 3.93. The molecule has 0 atom stereocenters. The SMILES string of the molecule is CC(=O)Nc1ccccc1-c1cc(C)ccc1C. The zero-order valence-corrected chi connectivity index (χ0v) is 10.9. The van der Waals surface area contributed by atoms with Gasteiger partial charge in [-0.05, 0) is 31.0 Å². The van der Waals surface area contributed by atoms with Gasteiger partial charge in [0.1, 0.15) is 0 Å². The van der Waals surface area contributed by atoms with Crippen LogP contribution in [0.2, 0.25) is 0 Å². The van der Waals surface area contributed by atoms with Crippen molar-refractivity contribution in [3.8, 4) is 11.1 Å². The number of para-hydroxylation sites is 1.